The average Bonchev–Trinajstić information content (AvgIpc) is 3.23. The molecule has 0 spiro atoms. The first-order valence-corrected chi connectivity index (χ1v) is 9.13. The van der Waals surface area contributed by atoms with Crippen LogP contribution in [-0.2, 0) is 0 Å². The fraction of sp³-hybridized carbons (Fsp3) is 0.167. The van der Waals surface area contributed by atoms with Gasteiger partial charge in [0.05, 0.1) is 10.7 Å². The summed E-state index contributed by atoms with van der Waals surface area (Å²) in [6.45, 7) is 0. The van der Waals surface area contributed by atoms with Crippen LogP contribution in [0.5, 0.6) is 0 Å². The van der Waals surface area contributed by atoms with Gasteiger partial charge in [-0.2, -0.15) is 14.6 Å². The smallest absolute Gasteiger partial charge is 0.269 e. The molecule has 7 nitrogen and oxygen atoms in total. The van der Waals surface area contributed by atoms with Crippen molar-refractivity contribution in [3.8, 4) is 11.3 Å². The van der Waals surface area contributed by atoms with E-state index in [4.69, 9.17) is 4.98 Å². The lowest BCUT2D eigenvalue weighted by atomic mass is 10.1. The Morgan fingerprint density at radius 2 is 2.00 bits per heavy atom. The van der Waals surface area contributed by atoms with Gasteiger partial charge in [-0.25, -0.2) is 9.97 Å². The molecule has 4 aromatic rings. The molecule has 0 atom stereocenters. The Kier molecular flexibility index (Phi) is 3.49. The molecule has 1 saturated carbocycles. The van der Waals surface area contributed by atoms with Gasteiger partial charge < -0.3 is 5.32 Å². The fourth-order valence-electron chi connectivity index (χ4n) is 2.79. The number of hydrogen-bond acceptors (Lipinski definition) is 6. The summed E-state index contributed by atoms with van der Waals surface area (Å²) in [5.41, 5.74) is 1.68. The lowest BCUT2D eigenvalue weighted by molar-refractivity contribution is 0.103. The second-order valence-electron chi connectivity index (χ2n) is 6.13. The van der Waals surface area contributed by atoms with E-state index in [1.807, 2.05) is 30.3 Å². The molecular formula is C18H14N6OS. The summed E-state index contributed by atoms with van der Waals surface area (Å²) >= 11 is 1.48. The first-order chi connectivity index (χ1) is 12.8. The molecule has 5 rings (SSSR count). The molecule has 3 aromatic heterocycles. The predicted octanol–water partition coefficient (Wildman–Crippen LogP) is 3.38. The third kappa shape index (κ3) is 2.64. The van der Waals surface area contributed by atoms with Gasteiger partial charge >= 0.3 is 0 Å². The summed E-state index contributed by atoms with van der Waals surface area (Å²) in [5.74, 6) is 1.26. The van der Waals surface area contributed by atoms with E-state index in [0.717, 1.165) is 29.1 Å². The Bertz CT molecular complexity index is 1100. The van der Waals surface area contributed by atoms with Crippen LogP contribution in [0.1, 0.15) is 33.4 Å². The molecule has 0 saturated heterocycles. The number of benzene rings is 1. The first-order valence-electron chi connectivity index (χ1n) is 8.32. The van der Waals surface area contributed by atoms with Crippen molar-refractivity contribution in [2.75, 3.05) is 5.32 Å². The predicted molar refractivity (Wildman–Crippen MR) is 98.3 cm³/mol. The molecule has 1 aromatic carbocycles. The number of amides is 1. The zero-order valence-electron chi connectivity index (χ0n) is 13.7. The zero-order valence-corrected chi connectivity index (χ0v) is 14.5. The van der Waals surface area contributed by atoms with E-state index < -0.39 is 0 Å². The molecule has 0 radical (unpaired) electrons. The maximum Gasteiger partial charge on any atom is 0.269 e. The number of rotatable bonds is 4. The van der Waals surface area contributed by atoms with Gasteiger partial charge in [0.25, 0.3) is 11.7 Å². The summed E-state index contributed by atoms with van der Waals surface area (Å²) in [7, 11) is 0. The lowest BCUT2D eigenvalue weighted by Gasteiger charge is -2.06. The minimum atomic E-state index is -0.198. The highest BCUT2D eigenvalue weighted by atomic mass is 32.1. The van der Waals surface area contributed by atoms with Crippen LogP contribution in [0.15, 0.2) is 48.9 Å². The van der Waals surface area contributed by atoms with Gasteiger partial charge in [0.1, 0.15) is 17.0 Å². The van der Waals surface area contributed by atoms with Crippen LogP contribution >= 0.6 is 11.3 Å². The van der Waals surface area contributed by atoms with Crippen LogP contribution in [-0.4, -0.2) is 30.5 Å². The highest BCUT2D eigenvalue weighted by Gasteiger charge is 2.30. The third-order valence-electron chi connectivity index (χ3n) is 4.25. The number of nitrogens with one attached hydrogen (secondary N) is 1. The maximum absolute atomic E-state index is 13.0. The molecule has 3 heterocycles. The quantitative estimate of drug-likeness (QED) is 0.601. The number of carbonyl (C=O) groups is 1. The molecule has 1 fully saturated rings. The molecular weight excluding hydrogens is 348 g/mol. The minimum absolute atomic E-state index is 0.198. The molecule has 128 valence electrons. The first kappa shape index (κ1) is 15.2. The zero-order chi connectivity index (χ0) is 17.5. The number of hydrogen-bond donors (Lipinski definition) is 1. The van der Waals surface area contributed by atoms with Crippen molar-refractivity contribution in [1.29, 1.82) is 0 Å². The van der Waals surface area contributed by atoms with Crippen LogP contribution in [0, 0.1) is 0 Å². The van der Waals surface area contributed by atoms with E-state index in [9.17, 15) is 4.79 Å². The summed E-state index contributed by atoms with van der Waals surface area (Å²) < 4.78 is 1.50. The SMILES string of the molecule is O=C(Nc1ccnc2ncnn12)c1sc(C2CC2)nc1-c1ccccc1. The maximum atomic E-state index is 13.0. The van der Waals surface area contributed by atoms with Gasteiger partial charge in [-0.05, 0) is 18.9 Å². The average molecular weight is 362 g/mol. The second-order valence-corrected chi connectivity index (χ2v) is 7.16. The molecule has 26 heavy (non-hydrogen) atoms. The van der Waals surface area contributed by atoms with Gasteiger partial charge in [-0.3, -0.25) is 4.79 Å². The van der Waals surface area contributed by atoms with Crippen LogP contribution in [0.25, 0.3) is 17.0 Å². The van der Waals surface area contributed by atoms with Crippen molar-refractivity contribution in [2.24, 2.45) is 0 Å². The van der Waals surface area contributed by atoms with Gasteiger partial charge in [-0.15, -0.1) is 11.3 Å². The normalized spacial score (nSPS) is 13.8. The number of aromatic nitrogens is 5. The largest absolute Gasteiger partial charge is 0.306 e. The van der Waals surface area contributed by atoms with Crippen molar-refractivity contribution >= 4 is 28.8 Å². The second kappa shape index (κ2) is 5.99. The summed E-state index contributed by atoms with van der Waals surface area (Å²) in [6, 6.07) is 11.5. The van der Waals surface area contributed by atoms with Gasteiger partial charge in [0.15, 0.2) is 0 Å². The van der Waals surface area contributed by atoms with Crippen molar-refractivity contribution in [3.05, 3.63) is 58.8 Å². The number of fused-ring (bicyclic) bond motifs is 1. The van der Waals surface area contributed by atoms with Gasteiger partial charge in [0, 0.05) is 17.7 Å². The third-order valence-corrected chi connectivity index (χ3v) is 5.46. The minimum Gasteiger partial charge on any atom is -0.306 e. The van der Waals surface area contributed by atoms with Crippen molar-refractivity contribution in [1.82, 2.24) is 24.6 Å². The van der Waals surface area contributed by atoms with Crippen LogP contribution in [0.2, 0.25) is 0 Å². The molecule has 0 aliphatic heterocycles. The monoisotopic (exact) mass is 362 g/mol. The molecule has 8 heteroatoms. The number of thiazole rings is 1. The lowest BCUT2D eigenvalue weighted by Crippen LogP contribution is -2.14. The van der Waals surface area contributed by atoms with E-state index in [-0.39, 0.29) is 5.91 Å². The number of nitrogens with zero attached hydrogens (tertiary/aromatic N) is 5. The highest BCUT2D eigenvalue weighted by molar-refractivity contribution is 7.14. The summed E-state index contributed by atoms with van der Waals surface area (Å²) in [4.78, 5) is 26.5. The Hall–Kier alpha value is -3.13. The van der Waals surface area contributed by atoms with Crippen LogP contribution in [0.4, 0.5) is 5.82 Å². The molecule has 1 N–H and O–H groups in total. The fourth-order valence-corrected chi connectivity index (χ4v) is 3.95. The summed E-state index contributed by atoms with van der Waals surface area (Å²) in [5, 5.41) is 8.06. The Balaban J connectivity index is 1.54. The molecule has 1 aliphatic rings. The Labute approximate surface area is 152 Å². The number of carbonyl (C=O) groups excluding carboxylic acids is 1. The highest BCUT2D eigenvalue weighted by Crippen LogP contribution is 2.44. The van der Waals surface area contributed by atoms with Gasteiger partial charge in [-0.1, -0.05) is 30.3 Å². The van der Waals surface area contributed by atoms with E-state index in [1.165, 1.54) is 22.2 Å². The molecule has 1 aliphatic carbocycles. The van der Waals surface area contributed by atoms with Crippen molar-refractivity contribution in [3.63, 3.8) is 0 Å². The van der Waals surface area contributed by atoms with Crippen molar-refractivity contribution < 1.29 is 4.79 Å². The van der Waals surface area contributed by atoms with E-state index in [1.54, 1.807) is 12.3 Å². The van der Waals surface area contributed by atoms with Gasteiger partial charge in [0.2, 0.25) is 0 Å². The molecule has 0 bridgehead atoms. The summed E-state index contributed by atoms with van der Waals surface area (Å²) in [6.07, 6.45) is 5.30. The standard InChI is InChI=1S/C18H14N6OS/c25-16(22-13-8-9-19-18-20-10-21-24(13)18)15-14(11-4-2-1-3-5-11)23-17(26-15)12-6-7-12/h1-5,8-10,12H,6-7H2,(H,22,25). The Morgan fingerprint density at radius 1 is 1.15 bits per heavy atom. The van der Waals surface area contributed by atoms with E-state index >= 15 is 0 Å². The topological polar surface area (TPSA) is 85.1 Å². The molecule has 0 unspecified atom stereocenters. The van der Waals surface area contributed by atoms with Crippen molar-refractivity contribution in [2.45, 2.75) is 18.8 Å². The Morgan fingerprint density at radius 3 is 2.81 bits per heavy atom. The van der Waals surface area contributed by atoms with Crippen LogP contribution in [0.3, 0.4) is 0 Å². The number of anilines is 1. The molecule has 1 amide bonds. The van der Waals surface area contributed by atoms with Crippen LogP contribution < -0.4 is 5.32 Å². The van der Waals surface area contributed by atoms with E-state index in [0.29, 0.717) is 22.4 Å². The van der Waals surface area contributed by atoms with E-state index in [2.05, 4.69) is 20.4 Å².